The van der Waals surface area contributed by atoms with Gasteiger partial charge in [0.2, 0.25) is 0 Å². The molecule has 8 heteroatoms. The van der Waals surface area contributed by atoms with E-state index in [9.17, 15) is 18.7 Å². The van der Waals surface area contributed by atoms with Gasteiger partial charge in [-0.05, 0) is 59.5 Å². The fraction of sp³-hybridized carbons (Fsp3) is 0.0769. The van der Waals surface area contributed by atoms with Crippen LogP contribution in [0.2, 0.25) is 0 Å². The van der Waals surface area contributed by atoms with Gasteiger partial charge in [-0.3, -0.25) is 0 Å². The number of hydrogen-bond acceptors (Lipinski definition) is 5. The molecule has 0 saturated carbocycles. The average molecular weight is 462 g/mol. The van der Waals surface area contributed by atoms with E-state index in [2.05, 4.69) is 4.98 Å². The van der Waals surface area contributed by atoms with Gasteiger partial charge in [0.15, 0.2) is 11.6 Å². The van der Waals surface area contributed by atoms with Gasteiger partial charge < -0.3 is 20.3 Å². The van der Waals surface area contributed by atoms with Crippen molar-refractivity contribution in [1.29, 1.82) is 0 Å². The first kappa shape index (κ1) is 22.9. The summed E-state index contributed by atoms with van der Waals surface area (Å²) in [5.74, 6) is -4.40. The Balaban J connectivity index is 1.65. The van der Waals surface area contributed by atoms with Crippen molar-refractivity contribution in [3.8, 4) is 34.4 Å². The molecule has 172 valence electrons. The van der Waals surface area contributed by atoms with Gasteiger partial charge in [0.25, 0.3) is 11.8 Å². The number of hydrogen-bond donors (Lipinski definition) is 2. The molecular formula is C26H20F2N2O4. The number of benzene rings is 3. The molecule has 3 N–H and O–H groups in total. The molecule has 0 aliphatic carbocycles. The zero-order chi connectivity index (χ0) is 24.2. The highest BCUT2D eigenvalue weighted by Crippen LogP contribution is 2.33. The zero-order valence-corrected chi connectivity index (χ0v) is 18.1. The van der Waals surface area contributed by atoms with Crippen molar-refractivity contribution in [1.82, 2.24) is 4.98 Å². The van der Waals surface area contributed by atoms with E-state index in [0.717, 1.165) is 16.7 Å². The van der Waals surface area contributed by atoms with E-state index in [-0.39, 0.29) is 17.1 Å². The topological polar surface area (TPSA) is 94.7 Å². The summed E-state index contributed by atoms with van der Waals surface area (Å²) in [6.45, 7) is 2.11. The van der Waals surface area contributed by atoms with Crippen molar-refractivity contribution < 1.29 is 28.2 Å². The van der Waals surface area contributed by atoms with Crippen LogP contribution in [0.5, 0.6) is 23.3 Å². The normalized spacial score (nSPS) is 10.7. The highest BCUT2D eigenvalue weighted by atomic mass is 19.1. The van der Waals surface area contributed by atoms with Crippen LogP contribution < -0.4 is 15.2 Å². The smallest absolute Gasteiger partial charge is 0.339 e. The number of pyridine rings is 1. The zero-order valence-electron chi connectivity index (χ0n) is 18.1. The number of aromatic nitrogens is 1. The minimum absolute atomic E-state index is 0.127. The van der Waals surface area contributed by atoms with Crippen LogP contribution in [0.1, 0.15) is 21.5 Å². The maximum atomic E-state index is 14.5. The highest BCUT2D eigenvalue weighted by molar-refractivity contribution is 5.91. The largest absolute Gasteiger partial charge is 0.478 e. The van der Waals surface area contributed by atoms with Crippen molar-refractivity contribution in [3.63, 3.8) is 0 Å². The summed E-state index contributed by atoms with van der Waals surface area (Å²) >= 11 is 0. The van der Waals surface area contributed by atoms with Gasteiger partial charge in [-0.1, -0.05) is 36.4 Å². The molecule has 0 spiro atoms. The maximum absolute atomic E-state index is 14.5. The Kier molecular flexibility index (Phi) is 6.51. The second-order valence-electron chi connectivity index (χ2n) is 7.50. The van der Waals surface area contributed by atoms with Crippen molar-refractivity contribution in [2.24, 2.45) is 5.73 Å². The fourth-order valence-electron chi connectivity index (χ4n) is 3.30. The third-order valence-corrected chi connectivity index (χ3v) is 4.98. The molecule has 0 aliphatic heterocycles. The van der Waals surface area contributed by atoms with Crippen LogP contribution in [0, 0.1) is 18.6 Å². The Morgan fingerprint density at radius 1 is 0.912 bits per heavy atom. The van der Waals surface area contributed by atoms with E-state index in [0.29, 0.717) is 18.2 Å². The monoisotopic (exact) mass is 462 g/mol. The summed E-state index contributed by atoms with van der Waals surface area (Å²) in [6.07, 6.45) is 0. The number of ether oxygens (including phenoxy) is 2. The summed E-state index contributed by atoms with van der Waals surface area (Å²) in [4.78, 5) is 15.3. The molecule has 0 bridgehead atoms. The first-order chi connectivity index (χ1) is 16.3. The maximum Gasteiger partial charge on any atom is 0.339 e. The van der Waals surface area contributed by atoms with Crippen LogP contribution in [0.15, 0.2) is 72.8 Å². The first-order valence-electron chi connectivity index (χ1n) is 10.3. The van der Waals surface area contributed by atoms with Crippen LogP contribution >= 0.6 is 0 Å². The van der Waals surface area contributed by atoms with Crippen molar-refractivity contribution in [3.05, 3.63) is 101 Å². The predicted octanol–water partition coefficient (Wildman–Crippen LogP) is 6.08. The molecule has 0 atom stereocenters. The predicted molar refractivity (Wildman–Crippen MR) is 122 cm³/mol. The van der Waals surface area contributed by atoms with Gasteiger partial charge in [-0.15, -0.1) is 0 Å². The molecule has 3 aromatic carbocycles. The minimum atomic E-state index is -1.26. The number of carboxylic acid groups (broad SMARTS) is 1. The van der Waals surface area contributed by atoms with Crippen LogP contribution in [0.4, 0.5) is 8.78 Å². The number of nitrogens with zero attached hydrogens (tertiary/aromatic N) is 1. The Morgan fingerprint density at radius 2 is 1.59 bits per heavy atom. The number of rotatable bonds is 7. The molecular weight excluding hydrogens is 442 g/mol. The number of aryl methyl sites for hydroxylation is 1. The molecule has 1 aromatic heterocycles. The van der Waals surface area contributed by atoms with Crippen molar-refractivity contribution in [2.75, 3.05) is 0 Å². The number of nitrogens with two attached hydrogens (primary N) is 1. The van der Waals surface area contributed by atoms with Crippen LogP contribution in [0.3, 0.4) is 0 Å². The molecule has 1 heterocycles. The molecule has 6 nitrogen and oxygen atoms in total. The third kappa shape index (κ3) is 5.02. The highest BCUT2D eigenvalue weighted by Gasteiger charge is 2.19. The molecule has 0 fully saturated rings. The summed E-state index contributed by atoms with van der Waals surface area (Å²) in [5.41, 5.74) is 8.86. The Bertz CT molecular complexity index is 1380. The van der Waals surface area contributed by atoms with E-state index in [1.165, 1.54) is 12.1 Å². The molecule has 4 aromatic rings. The van der Waals surface area contributed by atoms with Crippen LogP contribution in [-0.2, 0) is 6.54 Å². The Hall–Kier alpha value is -4.30. The van der Waals surface area contributed by atoms with E-state index >= 15 is 0 Å². The van der Waals surface area contributed by atoms with E-state index in [1.807, 2.05) is 30.3 Å². The first-order valence-corrected chi connectivity index (χ1v) is 10.3. The quantitative estimate of drug-likeness (QED) is 0.346. The standard InChI is InChI=1S/C26H20F2N2O4/c1-15-8-9-20(26(31)32)23(10-15)34-25-22(28)13-21(27)24(30-25)33-19-7-3-6-18(12-19)17-5-2-4-16(11-17)14-29/h2-13H,14,29H2,1H3,(H,31,32). The van der Waals surface area contributed by atoms with Gasteiger partial charge in [0, 0.05) is 12.6 Å². The number of carbonyl (C=O) groups is 1. The van der Waals surface area contributed by atoms with E-state index in [1.54, 1.807) is 31.2 Å². The van der Waals surface area contributed by atoms with Gasteiger partial charge in [0.1, 0.15) is 17.1 Å². The van der Waals surface area contributed by atoms with Gasteiger partial charge in [-0.2, -0.15) is 4.98 Å². The number of aromatic carboxylic acids is 1. The summed E-state index contributed by atoms with van der Waals surface area (Å²) < 4.78 is 39.9. The summed E-state index contributed by atoms with van der Waals surface area (Å²) in [7, 11) is 0. The molecule has 4 rings (SSSR count). The van der Waals surface area contributed by atoms with Gasteiger partial charge in [0.05, 0.1) is 0 Å². The van der Waals surface area contributed by atoms with Crippen molar-refractivity contribution >= 4 is 5.97 Å². The van der Waals surface area contributed by atoms with Crippen LogP contribution in [0.25, 0.3) is 11.1 Å². The number of halogens is 2. The lowest BCUT2D eigenvalue weighted by molar-refractivity contribution is 0.0694. The molecule has 0 unspecified atom stereocenters. The Labute approximate surface area is 194 Å². The third-order valence-electron chi connectivity index (χ3n) is 4.98. The second-order valence-corrected chi connectivity index (χ2v) is 7.50. The lowest BCUT2D eigenvalue weighted by Crippen LogP contribution is -2.03. The Morgan fingerprint density at radius 3 is 2.29 bits per heavy atom. The van der Waals surface area contributed by atoms with Crippen LogP contribution in [-0.4, -0.2) is 16.1 Å². The number of carboxylic acids is 1. The fourth-order valence-corrected chi connectivity index (χ4v) is 3.30. The molecule has 0 radical (unpaired) electrons. The van der Waals surface area contributed by atoms with Crippen molar-refractivity contribution in [2.45, 2.75) is 13.5 Å². The average Bonchev–Trinajstić information content (AvgIpc) is 2.82. The van der Waals surface area contributed by atoms with E-state index in [4.69, 9.17) is 15.2 Å². The molecule has 0 aliphatic rings. The lowest BCUT2D eigenvalue weighted by Gasteiger charge is -2.12. The van der Waals surface area contributed by atoms with E-state index < -0.39 is 29.4 Å². The summed E-state index contributed by atoms with van der Waals surface area (Å²) in [5, 5.41) is 9.36. The minimum Gasteiger partial charge on any atom is -0.478 e. The SMILES string of the molecule is Cc1ccc(C(=O)O)c(Oc2nc(Oc3cccc(-c4cccc(CN)c4)c3)c(F)cc2F)c1. The molecule has 0 saturated heterocycles. The van der Waals surface area contributed by atoms with Gasteiger partial charge in [-0.25, -0.2) is 13.6 Å². The molecule has 0 amide bonds. The van der Waals surface area contributed by atoms with Gasteiger partial charge >= 0.3 is 5.97 Å². The lowest BCUT2D eigenvalue weighted by atomic mass is 10.0. The second kappa shape index (κ2) is 9.68. The molecule has 34 heavy (non-hydrogen) atoms. The summed E-state index contributed by atoms with van der Waals surface area (Å²) in [6, 6.07) is 19.4.